The molecular weight excluding hydrogens is 232 g/mol. The molecule has 0 radical (unpaired) electrons. The number of rotatable bonds is 4. The monoisotopic (exact) mass is 246 g/mol. The lowest BCUT2D eigenvalue weighted by molar-refractivity contribution is 0.586. The average molecular weight is 247 g/mol. The SMILES string of the molecule is CC(C)S(=O)(=O)CCc1ccccc1Cl. The zero-order chi connectivity index (χ0) is 11.5. The van der Waals surface area contributed by atoms with Crippen LogP contribution in [0.3, 0.4) is 0 Å². The van der Waals surface area contributed by atoms with Gasteiger partial charge in [0.15, 0.2) is 9.84 Å². The summed E-state index contributed by atoms with van der Waals surface area (Å²) in [5.41, 5.74) is 0.892. The first kappa shape index (κ1) is 12.5. The quantitative estimate of drug-likeness (QED) is 0.819. The van der Waals surface area contributed by atoms with Gasteiger partial charge in [-0.1, -0.05) is 29.8 Å². The lowest BCUT2D eigenvalue weighted by Gasteiger charge is -2.08. The third-order valence-corrected chi connectivity index (χ3v) is 4.91. The molecule has 0 aliphatic rings. The van der Waals surface area contributed by atoms with Gasteiger partial charge in [0.2, 0.25) is 0 Å². The topological polar surface area (TPSA) is 34.1 Å². The summed E-state index contributed by atoms with van der Waals surface area (Å²) in [5.74, 6) is 0.161. The fourth-order valence-electron chi connectivity index (χ4n) is 1.19. The summed E-state index contributed by atoms with van der Waals surface area (Å²) in [7, 11) is -2.97. The molecule has 0 saturated heterocycles. The van der Waals surface area contributed by atoms with Gasteiger partial charge in [0.25, 0.3) is 0 Å². The van der Waals surface area contributed by atoms with E-state index in [1.54, 1.807) is 19.9 Å². The van der Waals surface area contributed by atoms with Gasteiger partial charge in [0.1, 0.15) is 0 Å². The highest BCUT2D eigenvalue weighted by molar-refractivity contribution is 7.91. The van der Waals surface area contributed by atoms with E-state index >= 15 is 0 Å². The summed E-state index contributed by atoms with van der Waals surface area (Å²) in [6.07, 6.45) is 0.486. The van der Waals surface area contributed by atoms with Crippen LogP contribution in [0, 0.1) is 0 Å². The van der Waals surface area contributed by atoms with Crippen LogP contribution in [0.1, 0.15) is 19.4 Å². The normalized spacial score (nSPS) is 12.0. The Balaban J connectivity index is 2.70. The second kappa shape index (κ2) is 4.99. The van der Waals surface area contributed by atoms with Crippen molar-refractivity contribution in [1.82, 2.24) is 0 Å². The van der Waals surface area contributed by atoms with Crippen LogP contribution in [0.4, 0.5) is 0 Å². The van der Waals surface area contributed by atoms with E-state index in [4.69, 9.17) is 11.6 Å². The third-order valence-electron chi connectivity index (χ3n) is 2.33. The molecule has 0 amide bonds. The van der Waals surface area contributed by atoms with Crippen molar-refractivity contribution >= 4 is 21.4 Å². The van der Waals surface area contributed by atoms with E-state index in [-0.39, 0.29) is 11.0 Å². The summed E-state index contributed by atoms with van der Waals surface area (Å²) in [4.78, 5) is 0. The van der Waals surface area contributed by atoms with Gasteiger partial charge < -0.3 is 0 Å². The molecule has 4 heteroatoms. The Hall–Kier alpha value is -0.540. The van der Waals surface area contributed by atoms with E-state index in [0.717, 1.165) is 5.56 Å². The van der Waals surface area contributed by atoms with Gasteiger partial charge in [-0.25, -0.2) is 8.42 Å². The highest BCUT2D eigenvalue weighted by atomic mass is 35.5. The molecule has 0 atom stereocenters. The standard InChI is InChI=1S/C11H15ClO2S/c1-9(2)15(13,14)8-7-10-5-3-4-6-11(10)12/h3-6,9H,7-8H2,1-2H3. The second-order valence-corrected chi connectivity index (χ2v) is 6.84. The number of hydrogen-bond donors (Lipinski definition) is 0. The summed E-state index contributed by atoms with van der Waals surface area (Å²) in [6, 6.07) is 7.34. The molecule has 15 heavy (non-hydrogen) atoms. The number of benzene rings is 1. The maximum Gasteiger partial charge on any atom is 0.152 e. The third kappa shape index (κ3) is 3.50. The smallest absolute Gasteiger partial charge is 0.152 e. The molecule has 84 valence electrons. The van der Waals surface area contributed by atoms with Crippen LogP contribution in [-0.2, 0) is 16.3 Å². The minimum Gasteiger partial charge on any atom is -0.229 e. The Bertz CT molecular complexity index is 424. The predicted molar refractivity (Wildman–Crippen MR) is 64.1 cm³/mol. The Kier molecular flexibility index (Phi) is 4.17. The maximum absolute atomic E-state index is 11.6. The Morgan fingerprint density at radius 3 is 2.40 bits per heavy atom. The van der Waals surface area contributed by atoms with E-state index in [1.807, 2.05) is 18.2 Å². The molecule has 0 saturated carbocycles. The lowest BCUT2D eigenvalue weighted by Crippen LogP contribution is -2.19. The Morgan fingerprint density at radius 2 is 1.87 bits per heavy atom. The van der Waals surface area contributed by atoms with Gasteiger partial charge in [-0.3, -0.25) is 0 Å². The average Bonchev–Trinajstić information content (AvgIpc) is 2.16. The van der Waals surface area contributed by atoms with E-state index in [0.29, 0.717) is 11.4 Å². The summed E-state index contributed by atoms with van der Waals surface area (Å²) in [6.45, 7) is 3.39. The molecule has 2 nitrogen and oxygen atoms in total. The fourth-order valence-corrected chi connectivity index (χ4v) is 2.40. The zero-order valence-electron chi connectivity index (χ0n) is 8.90. The van der Waals surface area contributed by atoms with Crippen molar-refractivity contribution in [1.29, 1.82) is 0 Å². The van der Waals surface area contributed by atoms with E-state index in [2.05, 4.69) is 0 Å². The molecule has 1 rings (SSSR count). The first-order valence-electron chi connectivity index (χ1n) is 4.88. The van der Waals surface area contributed by atoms with Crippen LogP contribution >= 0.6 is 11.6 Å². The van der Waals surface area contributed by atoms with Gasteiger partial charge in [-0.05, 0) is 31.9 Å². The van der Waals surface area contributed by atoms with Gasteiger partial charge in [-0.2, -0.15) is 0 Å². The number of aryl methyl sites for hydroxylation is 1. The van der Waals surface area contributed by atoms with Crippen LogP contribution in [0.5, 0.6) is 0 Å². The lowest BCUT2D eigenvalue weighted by atomic mass is 10.2. The molecule has 0 unspecified atom stereocenters. The molecule has 0 aliphatic carbocycles. The zero-order valence-corrected chi connectivity index (χ0v) is 10.5. The van der Waals surface area contributed by atoms with Crippen LogP contribution in [-0.4, -0.2) is 19.4 Å². The predicted octanol–water partition coefficient (Wildman–Crippen LogP) is 2.71. The summed E-state index contributed by atoms with van der Waals surface area (Å²) < 4.78 is 23.1. The van der Waals surface area contributed by atoms with Crippen molar-refractivity contribution in [3.63, 3.8) is 0 Å². The van der Waals surface area contributed by atoms with E-state index < -0.39 is 9.84 Å². The molecule has 1 aromatic rings. The van der Waals surface area contributed by atoms with Gasteiger partial charge >= 0.3 is 0 Å². The molecule has 0 aromatic heterocycles. The molecule has 0 spiro atoms. The van der Waals surface area contributed by atoms with Gasteiger partial charge in [0, 0.05) is 5.02 Å². The minimum atomic E-state index is -2.97. The summed E-state index contributed by atoms with van der Waals surface area (Å²) >= 11 is 5.94. The minimum absolute atomic E-state index is 0.161. The van der Waals surface area contributed by atoms with Crippen LogP contribution in [0.15, 0.2) is 24.3 Å². The maximum atomic E-state index is 11.6. The number of hydrogen-bond acceptors (Lipinski definition) is 2. The van der Waals surface area contributed by atoms with Crippen molar-refractivity contribution in [2.45, 2.75) is 25.5 Å². The van der Waals surface area contributed by atoms with Crippen molar-refractivity contribution in [2.75, 3.05) is 5.75 Å². The van der Waals surface area contributed by atoms with Crippen molar-refractivity contribution in [3.05, 3.63) is 34.9 Å². The van der Waals surface area contributed by atoms with Crippen molar-refractivity contribution in [3.8, 4) is 0 Å². The van der Waals surface area contributed by atoms with E-state index in [9.17, 15) is 8.42 Å². The number of halogens is 1. The largest absolute Gasteiger partial charge is 0.229 e. The second-order valence-electron chi connectivity index (χ2n) is 3.76. The van der Waals surface area contributed by atoms with Gasteiger partial charge in [0.05, 0.1) is 11.0 Å². The molecule has 0 aliphatic heterocycles. The highest BCUT2D eigenvalue weighted by Crippen LogP contribution is 2.16. The van der Waals surface area contributed by atoms with Crippen LogP contribution in [0.25, 0.3) is 0 Å². The van der Waals surface area contributed by atoms with Crippen molar-refractivity contribution < 1.29 is 8.42 Å². The fraction of sp³-hybridized carbons (Fsp3) is 0.455. The van der Waals surface area contributed by atoms with Crippen LogP contribution in [0.2, 0.25) is 5.02 Å². The first-order chi connectivity index (χ1) is 6.93. The molecule has 0 heterocycles. The van der Waals surface area contributed by atoms with Gasteiger partial charge in [-0.15, -0.1) is 0 Å². The molecule has 1 aromatic carbocycles. The Morgan fingerprint density at radius 1 is 1.27 bits per heavy atom. The van der Waals surface area contributed by atoms with Crippen LogP contribution < -0.4 is 0 Å². The Labute approximate surface area is 96.2 Å². The van der Waals surface area contributed by atoms with Crippen molar-refractivity contribution in [2.24, 2.45) is 0 Å². The highest BCUT2D eigenvalue weighted by Gasteiger charge is 2.16. The van der Waals surface area contributed by atoms with E-state index in [1.165, 1.54) is 0 Å². The molecule has 0 fully saturated rings. The molecule has 0 N–H and O–H groups in total. The molecule has 0 bridgehead atoms. The number of sulfone groups is 1. The summed E-state index contributed by atoms with van der Waals surface area (Å²) in [5, 5.41) is 0.316. The first-order valence-corrected chi connectivity index (χ1v) is 6.98. The molecular formula is C11H15ClO2S.